The Morgan fingerprint density at radius 2 is 2.12 bits per heavy atom. The Kier molecular flexibility index (Phi) is 0.495. The van der Waals surface area contributed by atoms with Crippen LogP contribution in [0.25, 0.3) is 0 Å². The molecule has 3 heterocycles. The van der Waals surface area contributed by atoms with Gasteiger partial charge in [-0.3, -0.25) is 0 Å². The average Bonchev–Trinajstić information content (AvgIpc) is 2.15. The topological polar surface area (TPSA) is 27.7 Å². The molecule has 2 bridgehead atoms. The van der Waals surface area contributed by atoms with Gasteiger partial charge in [0.05, 0.1) is 0 Å². The first kappa shape index (κ1) is 3.89. The maximum atomic E-state index is 4.90. The van der Waals surface area contributed by atoms with Crippen molar-refractivity contribution in [2.75, 3.05) is 0 Å². The minimum atomic E-state index is -0.474. The summed E-state index contributed by atoms with van der Waals surface area (Å²) in [5.41, 5.74) is 0. The summed E-state index contributed by atoms with van der Waals surface area (Å²) >= 11 is 0. The van der Waals surface area contributed by atoms with Gasteiger partial charge in [-0.1, -0.05) is 6.58 Å². The van der Waals surface area contributed by atoms with Crippen LogP contribution >= 0.6 is 0 Å². The zero-order valence-electron chi connectivity index (χ0n) is 4.09. The van der Waals surface area contributed by atoms with Crippen LogP contribution in [0.3, 0.4) is 0 Å². The quantitative estimate of drug-likeness (QED) is 0.457. The fraction of sp³-hybridized carbons (Fsp3) is 0. The largest absolute Gasteiger partial charge is 0.868 e. The molecule has 0 aromatic heterocycles. The Hall–Kier alpha value is -1.06. The van der Waals surface area contributed by atoms with Crippen LogP contribution in [0.1, 0.15) is 0 Å². The third-order valence-corrected chi connectivity index (χ3v) is 1.02. The normalized spacial score (nSPS) is 20.8. The van der Waals surface area contributed by atoms with Gasteiger partial charge < -0.3 is 14.0 Å². The van der Waals surface area contributed by atoms with Crippen molar-refractivity contribution in [2.45, 2.75) is 0 Å². The highest BCUT2D eigenvalue weighted by molar-refractivity contribution is 6.41. The molecule has 0 N–H and O–H groups in total. The van der Waals surface area contributed by atoms with Gasteiger partial charge in [0.15, 0.2) is 5.76 Å². The highest BCUT2D eigenvalue weighted by atomic mass is 16.9. The summed E-state index contributed by atoms with van der Waals surface area (Å²) < 4.78 is 14.5. The van der Waals surface area contributed by atoms with E-state index in [0.29, 0.717) is 11.7 Å². The Bertz CT molecular complexity index is 166. The third-order valence-electron chi connectivity index (χ3n) is 1.02. The van der Waals surface area contributed by atoms with Crippen LogP contribution in [0.15, 0.2) is 24.4 Å². The van der Waals surface area contributed by atoms with Crippen LogP contribution in [-0.2, 0) is 14.0 Å². The molecule has 0 saturated carbocycles. The van der Waals surface area contributed by atoms with Gasteiger partial charge in [-0.2, -0.15) is 0 Å². The highest BCUT2D eigenvalue weighted by Crippen LogP contribution is 2.32. The van der Waals surface area contributed by atoms with E-state index in [1.54, 1.807) is 6.08 Å². The Balaban J connectivity index is 2.33. The molecule has 0 aromatic carbocycles. The molecule has 8 heavy (non-hydrogen) atoms. The summed E-state index contributed by atoms with van der Waals surface area (Å²) in [5.74, 6) is 1.07. The van der Waals surface area contributed by atoms with Crippen molar-refractivity contribution in [1.29, 1.82) is 0 Å². The van der Waals surface area contributed by atoms with Gasteiger partial charge in [-0.25, -0.2) is 0 Å². The predicted octanol–water partition coefficient (Wildman–Crippen LogP) is 0.403. The molecular weight excluding hydrogens is 107 g/mol. The number of hydrogen-bond acceptors (Lipinski definition) is 3. The summed E-state index contributed by atoms with van der Waals surface area (Å²) in [6, 6.07) is 0. The number of allylic oxidation sites excluding steroid dienone is 1. The van der Waals surface area contributed by atoms with E-state index in [0.717, 1.165) is 0 Å². The third kappa shape index (κ3) is 0.268. The zero-order valence-corrected chi connectivity index (χ0v) is 4.09. The standard InChI is InChI=1S/C4H3BO3/c1-2-3-4-7-5(6-3)8-4/h2H,1H2. The summed E-state index contributed by atoms with van der Waals surface area (Å²) in [7, 11) is -0.474. The molecule has 3 aliphatic heterocycles. The maximum absolute atomic E-state index is 4.90. The molecule has 3 nitrogen and oxygen atoms in total. The lowest BCUT2D eigenvalue weighted by molar-refractivity contribution is 0.0776. The average molecular weight is 110 g/mol. The maximum Gasteiger partial charge on any atom is 0.868 e. The molecule has 0 radical (unpaired) electrons. The second-order valence-electron chi connectivity index (χ2n) is 1.50. The van der Waals surface area contributed by atoms with Crippen LogP contribution in [0.4, 0.5) is 0 Å². The molecule has 0 aromatic rings. The summed E-state index contributed by atoms with van der Waals surface area (Å²) in [6.07, 6.45) is 1.56. The van der Waals surface area contributed by atoms with E-state index in [1.165, 1.54) is 0 Å². The lowest BCUT2D eigenvalue weighted by Crippen LogP contribution is -2.28. The molecule has 4 heteroatoms. The molecule has 1 fully saturated rings. The van der Waals surface area contributed by atoms with Gasteiger partial charge in [0, 0.05) is 0 Å². The molecule has 1 saturated heterocycles. The predicted molar refractivity (Wildman–Crippen MR) is 26.2 cm³/mol. The SMILES string of the molecule is C=CC1=C2OB(O1)O2. The van der Waals surface area contributed by atoms with E-state index >= 15 is 0 Å². The van der Waals surface area contributed by atoms with Gasteiger partial charge in [-0.05, 0) is 6.08 Å². The van der Waals surface area contributed by atoms with Crippen molar-refractivity contribution >= 4 is 7.32 Å². The summed E-state index contributed by atoms with van der Waals surface area (Å²) in [4.78, 5) is 0. The minimum absolute atomic E-state index is 0.463. The molecule has 0 amide bonds. The first-order chi connectivity index (χ1) is 3.90. The minimum Gasteiger partial charge on any atom is -0.484 e. The van der Waals surface area contributed by atoms with Crippen molar-refractivity contribution < 1.29 is 14.0 Å². The van der Waals surface area contributed by atoms with Crippen LogP contribution in [0.2, 0.25) is 0 Å². The monoisotopic (exact) mass is 110 g/mol. The van der Waals surface area contributed by atoms with E-state index < -0.39 is 7.32 Å². The second-order valence-corrected chi connectivity index (χ2v) is 1.50. The fourth-order valence-electron chi connectivity index (χ4n) is 0.631. The van der Waals surface area contributed by atoms with E-state index in [9.17, 15) is 0 Å². The fourth-order valence-corrected chi connectivity index (χ4v) is 0.631. The lowest BCUT2D eigenvalue weighted by atomic mass is 10.2. The van der Waals surface area contributed by atoms with Crippen molar-refractivity contribution in [3.05, 3.63) is 24.4 Å². The van der Waals surface area contributed by atoms with Crippen LogP contribution in [-0.4, -0.2) is 7.32 Å². The molecule has 0 spiro atoms. The Morgan fingerprint density at radius 1 is 1.38 bits per heavy atom. The van der Waals surface area contributed by atoms with Crippen LogP contribution < -0.4 is 0 Å². The summed E-state index contributed by atoms with van der Waals surface area (Å²) in [6.45, 7) is 3.48. The van der Waals surface area contributed by atoms with E-state index in [1.807, 2.05) is 0 Å². The van der Waals surface area contributed by atoms with Gasteiger partial charge in [0.2, 0.25) is 0 Å². The molecule has 3 rings (SSSR count). The van der Waals surface area contributed by atoms with Crippen molar-refractivity contribution in [3.8, 4) is 0 Å². The van der Waals surface area contributed by atoms with Gasteiger partial charge in [-0.15, -0.1) is 0 Å². The van der Waals surface area contributed by atoms with Gasteiger partial charge in [0.1, 0.15) is 0 Å². The highest BCUT2D eigenvalue weighted by Gasteiger charge is 2.51. The molecule has 0 atom stereocenters. The number of hydrogen-bond donors (Lipinski definition) is 0. The van der Waals surface area contributed by atoms with Crippen molar-refractivity contribution in [3.63, 3.8) is 0 Å². The van der Waals surface area contributed by atoms with Gasteiger partial charge >= 0.3 is 7.32 Å². The molecule has 40 valence electrons. The first-order valence-electron chi connectivity index (χ1n) is 2.27. The smallest absolute Gasteiger partial charge is 0.484 e. The Labute approximate surface area is 46.7 Å². The van der Waals surface area contributed by atoms with E-state index in [2.05, 4.69) is 6.58 Å². The summed E-state index contributed by atoms with van der Waals surface area (Å²) in [5, 5.41) is 0. The van der Waals surface area contributed by atoms with Crippen LogP contribution in [0, 0.1) is 0 Å². The van der Waals surface area contributed by atoms with Crippen molar-refractivity contribution in [2.24, 2.45) is 0 Å². The van der Waals surface area contributed by atoms with Crippen molar-refractivity contribution in [1.82, 2.24) is 0 Å². The molecule has 0 unspecified atom stereocenters. The molecular formula is C4H3BO3. The zero-order chi connectivity index (χ0) is 5.56. The number of rotatable bonds is 1. The van der Waals surface area contributed by atoms with Crippen LogP contribution in [0.5, 0.6) is 0 Å². The number of fused-ring (bicyclic) bond motifs is 1. The lowest BCUT2D eigenvalue weighted by Gasteiger charge is -2.13. The molecule has 3 aliphatic rings. The van der Waals surface area contributed by atoms with Gasteiger partial charge in [0.25, 0.3) is 5.95 Å². The first-order valence-corrected chi connectivity index (χ1v) is 2.27. The van der Waals surface area contributed by atoms with E-state index in [4.69, 9.17) is 14.0 Å². The Morgan fingerprint density at radius 3 is 2.38 bits per heavy atom. The molecule has 0 aliphatic carbocycles. The second kappa shape index (κ2) is 1.02. The van der Waals surface area contributed by atoms with E-state index in [-0.39, 0.29) is 0 Å².